The van der Waals surface area contributed by atoms with Gasteiger partial charge >= 0.3 is 0 Å². The average Bonchev–Trinajstić information content (AvgIpc) is 2.20. The Labute approximate surface area is 89.1 Å². The second-order valence-electron chi connectivity index (χ2n) is 3.88. The molecule has 1 aliphatic rings. The van der Waals surface area contributed by atoms with E-state index in [2.05, 4.69) is 6.07 Å². The highest BCUT2D eigenvalue weighted by atomic mass is 35.5. The van der Waals surface area contributed by atoms with Crippen LogP contribution in [-0.4, -0.2) is 6.29 Å². The zero-order chi connectivity index (χ0) is 10.1. The molecular weight excluding hydrogens is 196 g/mol. The molecule has 14 heavy (non-hydrogen) atoms. The summed E-state index contributed by atoms with van der Waals surface area (Å²) in [7, 11) is 0. The van der Waals surface area contributed by atoms with E-state index < -0.39 is 0 Å². The Balaban J connectivity index is 2.65. The molecule has 0 N–H and O–H groups in total. The topological polar surface area (TPSA) is 17.1 Å². The smallest absolute Gasteiger partial charge is 0.151 e. The van der Waals surface area contributed by atoms with E-state index in [9.17, 15) is 4.79 Å². The molecule has 74 valence electrons. The summed E-state index contributed by atoms with van der Waals surface area (Å²) < 4.78 is 0. The van der Waals surface area contributed by atoms with Crippen LogP contribution in [0.4, 0.5) is 0 Å². The van der Waals surface area contributed by atoms with E-state index in [1.54, 1.807) is 0 Å². The lowest BCUT2D eigenvalue weighted by molar-refractivity contribution is 0.112. The Morgan fingerprint density at radius 1 is 1.36 bits per heavy atom. The van der Waals surface area contributed by atoms with Crippen molar-refractivity contribution in [2.45, 2.75) is 32.6 Å². The number of hydrogen-bond acceptors (Lipinski definition) is 1. The fourth-order valence-corrected chi connectivity index (χ4v) is 2.40. The lowest BCUT2D eigenvalue weighted by atomic mass is 9.87. The third-order valence-electron chi connectivity index (χ3n) is 2.93. The number of hydrogen-bond donors (Lipinski definition) is 0. The first kappa shape index (κ1) is 9.72. The molecule has 1 aromatic carbocycles. The third-order valence-corrected chi connectivity index (χ3v) is 3.43. The minimum absolute atomic E-state index is 0.639. The SMILES string of the molecule is Cc1cc2c(c(C=O)c1Cl)CCCC2. The normalized spacial score (nSPS) is 15.0. The van der Waals surface area contributed by atoms with Crippen molar-refractivity contribution in [2.75, 3.05) is 0 Å². The zero-order valence-electron chi connectivity index (χ0n) is 8.27. The Bertz CT molecular complexity index is 382. The van der Waals surface area contributed by atoms with Gasteiger partial charge in [-0.2, -0.15) is 0 Å². The van der Waals surface area contributed by atoms with Crippen molar-refractivity contribution >= 4 is 17.9 Å². The van der Waals surface area contributed by atoms with E-state index >= 15 is 0 Å². The molecule has 2 heteroatoms. The summed E-state index contributed by atoms with van der Waals surface area (Å²) >= 11 is 6.10. The zero-order valence-corrected chi connectivity index (χ0v) is 9.03. The van der Waals surface area contributed by atoms with Crippen LogP contribution in [0.1, 0.15) is 39.9 Å². The van der Waals surface area contributed by atoms with Crippen LogP contribution in [0, 0.1) is 6.92 Å². The van der Waals surface area contributed by atoms with Crippen LogP contribution in [0.3, 0.4) is 0 Å². The predicted octanol–water partition coefficient (Wildman–Crippen LogP) is 3.34. The van der Waals surface area contributed by atoms with Gasteiger partial charge in [0.05, 0.1) is 5.02 Å². The highest BCUT2D eigenvalue weighted by molar-refractivity contribution is 6.33. The first-order valence-electron chi connectivity index (χ1n) is 5.00. The molecule has 0 saturated heterocycles. The van der Waals surface area contributed by atoms with E-state index in [1.807, 2.05) is 6.92 Å². The maximum atomic E-state index is 11.0. The lowest BCUT2D eigenvalue weighted by Gasteiger charge is -2.19. The molecule has 0 fully saturated rings. The van der Waals surface area contributed by atoms with Gasteiger partial charge in [-0.15, -0.1) is 0 Å². The highest BCUT2D eigenvalue weighted by Gasteiger charge is 2.17. The number of carbonyl (C=O) groups excluding carboxylic acids is 1. The largest absolute Gasteiger partial charge is 0.298 e. The van der Waals surface area contributed by atoms with Crippen LogP contribution in [-0.2, 0) is 12.8 Å². The van der Waals surface area contributed by atoms with Gasteiger partial charge in [-0.05, 0) is 49.3 Å². The summed E-state index contributed by atoms with van der Waals surface area (Å²) in [5.74, 6) is 0. The van der Waals surface area contributed by atoms with Crippen molar-refractivity contribution in [3.63, 3.8) is 0 Å². The Morgan fingerprint density at radius 2 is 2.07 bits per heavy atom. The van der Waals surface area contributed by atoms with Crippen LogP contribution in [0.15, 0.2) is 6.07 Å². The summed E-state index contributed by atoms with van der Waals surface area (Å²) in [4.78, 5) is 11.0. The minimum atomic E-state index is 0.639. The lowest BCUT2D eigenvalue weighted by Crippen LogP contribution is -2.07. The van der Waals surface area contributed by atoms with Crippen molar-refractivity contribution in [3.8, 4) is 0 Å². The molecule has 0 aromatic heterocycles. The summed E-state index contributed by atoms with van der Waals surface area (Å²) in [6, 6.07) is 2.13. The maximum Gasteiger partial charge on any atom is 0.151 e. The quantitative estimate of drug-likeness (QED) is 0.647. The van der Waals surface area contributed by atoms with Crippen molar-refractivity contribution in [2.24, 2.45) is 0 Å². The van der Waals surface area contributed by atoms with E-state index in [1.165, 1.54) is 24.0 Å². The van der Waals surface area contributed by atoms with Crippen LogP contribution >= 0.6 is 11.6 Å². The first-order chi connectivity index (χ1) is 6.74. The van der Waals surface area contributed by atoms with Crippen LogP contribution in [0.2, 0.25) is 5.02 Å². The molecule has 2 rings (SSSR count). The molecule has 0 heterocycles. The third kappa shape index (κ3) is 1.46. The number of halogens is 1. The van der Waals surface area contributed by atoms with Crippen molar-refractivity contribution in [1.29, 1.82) is 0 Å². The number of rotatable bonds is 1. The van der Waals surface area contributed by atoms with Crippen molar-refractivity contribution in [3.05, 3.63) is 33.3 Å². The number of fused-ring (bicyclic) bond motifs is 1. The molecule has 0 amide bonds. The predicted molar refractivity (Wildman–Crippen MR) is 58.2 cm³/mol. The molecule has 0 atom stereocenters. The monoisotopic (exact) mass is 208 g/mol. The fourth-order valence-electron chi connectivity index (χ4n) is 2.19. The van der Waals surface area contributed by atoms with Gasteiger partial charge < -0.3 is 0 Å². The van der Waals surface area contributed by atoms with Gasteiger partial charge in [0, 0.05) is 5.56 Å². The molecule has 0 spiro atoms. The molecular formula is C12H13ClO. The Hall–Kier alpha value is -0.820. The molecule has 0 radical (unpaired) electrons. The average molecular weight is 209 g/mol. The van der Waals surface area contributed by atoms with Gasteiger partial charge in [0.15, 0.2) is 6.29 Å². The van der Waals surface area contributed by atoms with Gasteiger partial charge in [-0.1, -0.05) is 17.7 Å². The molecule has 1 nitrogen and oxygen atoms in total. The minimum Gasteiger partial charge on any atom is -0.298 e. The summed E-state index contributed by atoms with van der Waals surface area (Å²) in [6.07, 6.45) is 5.40. The molecule has 1 aliphatic carbocycles. The van der Waals surface area contributed by atoms with E-state index in [4.69, 9.17) is 11.6 Å². The van der Waals surface area contributed by atoms with Crippen LogP contribution in [0.5, 0.6) is 0 Å². The Kier molecular flexibility index (Phi) is 2.60. The van der Waals surface area contributed by atoms with Gasteiger partial charge in [0.2, 0.25) is 0 Å². The van der Waals surface area contributed by atoms with Crippen LogP contribution < -0.4 is 0 Å². The van der Waals surface area contributed by atoms with Crippen LogP contribution in [0.25, 0.3) is 0 Å². The molecule has 0 saturated carbocycles. The fraction of sp³-hybridized carbons (Fsp3) is 0.417. The number of benzene rings is 1. The van der Waals surface area contributed by atoms with E-state index in [0.717, 1.165) is 30.3 Å². The first-order valence-corrected chi connectivity index (χ1v) is 5.38. The summed E-state index contributed by atoms with van der Waals surface area (Å²) in [5.41, 5.74) is 4.25. The molecule has 0 aliphatic heterocycles. The standard InChI is InChI=1S/C12H13ClO/c1-8-6-9-4-2-3-5-10(9)11(7-14)12(8)13/h6-7H,2-5H2,1H3. The van der Waals surface area contributed by atoms with Gasteiger partial charge in [-0.3, -0.25) is 4.79 Å². The van der Waals surface area contributed by atoms with Gasteiger partial charge in [0.25, 0.3) is 0 Å². The molecule has 0 unspecified atom stereocenters. The molecule has 0 bridgehead atoms. The second kappa shape index (κ2) is 3.74. The van der Waals surface area contributed by atoms with Crippen molar-refractivity contribution in [1.82, 2.24) is 0 Å². The van der Waals surface area contributed by atoms with E-state index in [0.29, 0.717) is 5.02 Å². The highest BCUT2D eigenvalue weighted by Crippen LogP contribution is 2.31. The number of aldehydes is 1. The Morgan fingerprint density at radius 3 is 2.79 bits per heavy atom. The summed E-state index contributed by atoms with van der Waals surface area (Å²) in [6.45, 7) is 1.96. The molecule has 1 aromatic rings. The maximum absolute atomic E-state index is 11.0. The second-order valence-corrected chi connectivity index (χ2v) is 4.26. The van der Waals surface area contributed by atoms with Gasteiger partial charge in [-0.25, -0.2) is 0 Å². The number of carbonyl (C=O) groups is 1. The summed E-state index contributed by atoms with van der Waals surface area (Å²) in [5, 5.41) is 0.639. The number of aryl methyl sites for hydroxylation is 2. The van der Waals surface area contributed by atoms with E-state index in [-0.39, 0.29) is 0 Å². The van der Waals surface area contributed by atoms with Crippen molar-refractivity contribution < 1.29 is 4.79 Å². The van der Waals surface area contributed by atoms with Gasteiger partial charge in [0.1, 0.15) is 0 Å².